The quantitative estimate of drug-likeness (QED) is 0.266. The fraction of sp³-hybridized carbons (Fsp3) is 0.735. The number of esters is 1. The van der Waals surface area contributed by atoms with Crippen molar-refractivity contribution in [3.05, 3.63) is 23.3 Å². The van der Waals surface area contributed by atoms with Gasteiger partial charge in [-0.3, -0.25) is 19.2 Å². The van der Waals surface area contributed by atoms with Crippen LogP contribution in [0.15, 0.2) is 23.3 Å². The molecule has 0 aliphatic heterocycles. The summed E-state index contributed by atoms with van der Waals surface area (Å²) >= 11 is 0. The molecule has 0 bridgehead atoms. The van der Waals surface area contributed by atoms with Crippen molar-refractivity contribution in [1.82, 2.24) is 0 Å². The number of hydrogen-bond donors (Lipinski definition) is 0. The van der Waals surface area contributed by atoms with Gasteiger partial charge in [0.25, 0.3) is 6.47 Å². The Kier molecular flexibility index (Phi) is 9.47. The summed E-state index contributed by atoms with van der Waals surface area (Å²) in [4.78, 5) is 45.2. The minimum atomic E-state index is -0.376. The first-order valence-electron chi connectivity index (χ1n) is 15.0. The highest BCUT2D eigenvalue weighted by atomic mass is 16.5. The predicted octanol–water partition coefficient (Wildman–Crippen LogP) is 6.41. The molecular formula is C34H49NO6. The number of methoxy groups -OCH3 is 2. The number of nitrogens with zero attached hydrogens (tertiary/aromatic N) is 1. The second-order valence-electron chi connectivity index (χ2n) is 14.5. The molecule has 0 aromatic carbocycles. The van der Waals surface area contributed by atoms with E-state index in [2.05, 4.69) is 50.2 Å². The lowest BCUT2D eigenvalue weighted by molar-refractivity contribution is -0.144. The van der Waals surface area contributed by atoms with Crippen LogP contribution in [0.4, 0.5) is 0 Å². The van der Waals surface area contributed by atoms with Gasteiger partial charge in [-0.05, 0) is 85.0 Å². The van der Waals surface area contributed by atoms with Gasteiger partial charge in [0.05, 0.1) is 19.8 Å². The van der Waals surface area contributed by atoms with E-state index in [9.17, 15) is 19.6 Å². The van der Waals surface area contributed by atoms with Gasteiger partial charge in [0.2, 0.25) is 0 Å². The van der Waals surface area contributed by atoms with Crippen molar-refractivity contribution >= 4 is 24.0 Å². The zero-order valence-electron chi connectivity index (χ0n) is 26.5. The lowest BCUT2D eigenvalue weighted by atomic mass is 9.39. The van der Waals surface area contributed by atoms with Gasteiger partial charge in [-0.2, -0.15) is 5.26 Å². The van der Waals surface area contributed by atoms with Gasteiger partial charge in [0.1, 0.15) is 6.07 Å². The van der Waals surface area contributed by atoms with Crippen LogP contribution in [0.2, 0.25) is 0 Å². The molecule has 0 amide bonds. The standard InChI is InChI=1S/C29H39NO2.C3H6O2.C2H4O2/c1-17-19-8-10-28(5)20-7-9-27(4)12-11-26(2,3)15-21(27)24(20)22(31)13-23(28)29(19,6)14-18(16-30)25(17)32;1-3(4)5-2;1-4-2-3/h13-14,17,19-21,24H,7-12,15H2,1-6H3;1-2H3;2H,1H3. The normalized spacial score (nSPS) is 40.0. The molecule has 5 aliphatic carbocycles. The topological polar surface area (TPSA) is 111 Å². The van der Waals surface area contributed by atoms with Crippen molar-refractivity contribution in [2.24, 2.45) is 51.2 Å². The Hall–Kier alpha value is -2.75. The molecule has 7 nitrogen and oxygen atoms in total. The summed E-state index contributed by atoms with van der Waals surface area (Å²) in [6, 6.07) is 2.17. The van der Waals surface area contributed by atoms with E-state index in [1.165, 1.54) is 46.0 Å². The fourth-order valence-corrected chi connectivity index (χ4v) is 9.17. The average molecular weight is 568 g/mol. The summed E-state index contributed by atoms with van der Waals surface area (Å²) in [5.74, 6) is 1.06. The van der Waals surface area contributed by atoms with Crippen LogP contribution in [0.3, 0.4) is 0 Å². The summed E-state index contributed by atoms with van der Waals surface area (Å²) in [5.41, 5.74) is 1.71. The Morgan fingerprint density at radius 2 is 1.59 bits per heavy atom. The fourth-order valence-electron chi connectivity index (χ4n) is 9.17. The van der Waals surface area contributed by atoms with Crippen molar-refractivity contribution in [3.63, 3.8) is 0 Å². The molecular weight excluding hydrogens is 518 g/mol. The number of ketones is 2. The largest absolute Gasteiger partial charge is 0.471 e. The Morgan fingerprint density at radius 3 is 2.12 bits per heavy atom. The van der Waals surface area contributed by atoms with Crippen LogP contribution in [0, 0.1) is 62.6 Å². The molecule has 0 heterocycles. The number of ether oxygens (including phenoxy) is 2. The van der Waals surface area contributed by atoms with Crippen molar-refractivity contribution < 1.29 is 28.7 Å². The third kappa shape index (κ3) is 5.81. The molecule has 7 heteroatoms. The summed E-state index contributed by atoms with van der Waals surface area (Å²) < 4.78 is 7.97. The van der Waals surface area contributed by atoms with Gasteiger partial charge in [-0.1, -0.05) is 53.2 Å². The number of carbonyl (C=O) groups excluding carboxylic acids is 4. The summed E-state index contributed by atoms with van der Waals surface area (Å²) in [6.45, 7) is 15.5. The molecule has 3 fully saturated rings. The first kappa shape index (κ1) is 32.8. The number of hydrogen-bond acceptors (Lipinski definition) is 7. The maximum atomic E-state index is 13.9. The van der Waals surface area contributed by atoms with E-state index in [0.717, 1.165) is 25.7 Å². The smallest absolute Gasteiger partial charge is 0.302 e. The number of carbonyl (C=O) groups is 4. The van der Waals surface area contributed by atoms with Gasteiger partial charge in [0.15, 0.2) is 11.6 Å². The van der Waals surface area contributed by atoms with E-state index >= 15 is 0 Å². The maximum absolute atomic E-state index is 13.9. The number of allylic oxidation sites excluding steroid dienone is 4. The molecule has 0 spiro atoms. The highest BCUT2D eigenvalue weighted by Crippen LogP contribution is 2.69. The van der Waals surface area contributed by atoms with Gasteiger partial charge >= 0.3 is 5.97 Å². The SMILES string of the molecule is CC1C(=O)C(C#N)=CC2(C)C3=CC(=O)C4C5CC(C)(C)CCC5(C)CCC4C3(C)CCC12.COC(C)=O.COC=O. The van der Waals surface area contributed by atoms with E-state index in [-0.39, 0.29) is 45.8 Å². The molecule has 3 saturated carbocycles. The van der Waals surface area contributed by atoms with Crippen LogP contribution in [-0.2, 0) is 28.7 Å². The lowest BCUT2D eigenvalue weighted by Gasteiger charge is -2.64. The van der Waals surface area contributed by atoms with Gasteiger partial charge < -0.3 is 9.47 Å². The first-order valence-corrected chi connectivity index (χ1v) is 15.0. The van der Waals surface area contributed by atoms with Crippen LogP contribution >= 0.6 is 0 Å². The van der Waals surface area contributed by atoms with Crippen LogP contribution in [-0.4, -0.2) is 38.2 Å². The van der Waals surface area contributed by atoms with E-state index < -0.39 is 0 Å². The maximum Gasteiger partial charge on any atom is 0.302 e. The monoisotopic (exact) mass is 567 g/mol. The van der Waals surface area contributed by atoms with Gasteiger partial charge in [0, 0.05) is 24.2 Å². The lowest BCUT2D eigenvalue weighted by Crippen LogP contribution is -2.59. The molecule has 41 heavy (non-hydrogen) atoms. The van der Waals surface area contributed by atoms with Crippen LogP contribution in [0.5, 0.6) is 0 Å². The number of rotatable bonds is 1. The van der Waals surface area contributed by atoms with Crippen molar-refractivity contribution in [2.45, 2.75) is 93.4 Å². The molecule has 0 N–H and O–H groups in total. The van der Waals surface area contributed by atoms with Gasteiger partial charge in [-0.25, -0.2) is 0 Å². The molecule has 8 atom stereocenters. The van der Waals surface area contributed by atoms with Crippen LogP contribution in [0.1, 0.15) is 93.4 Å². The van der Waals surface area contributed by atoms with E-state index in [1.807, 2.05) is 19.1 Å². The third-order valence-electron chi connectivity index (χ3n) is 11.5. The summed E-state index contributed by atoms with van der Waals surface area (Å²) in [7, 11) is 2.66. The van der Waals surface area contributed by atoms with E-state index in [0.29, 0.717) is 35.1 Å². The number of fused-ring (bicyclic) bond motifs is 7. The molecule has 0 radical (unpaired) electrons. The Balaban J connectivity index is 0.000000451. The van der Waals surface area contributed by atoms with E-state index in [4.69, 9.17) is 4.79 Å². The number of nitriles is 1. The van der Waals surface area contributed by atoms with E-state index in [1.54, 1.807) is 0 Å². The van der Waals surface area contributed by atoms with Crippen molar-refractivity contribution in [2.75, 3.05) is 14.2 Å². The molecule has 8 unspecified atom stereocenters. The Bertz CT molecular complexity index is 1180. The molecule has 0 aromatic heterocycles. The second-order valence-corrected chi connectivity index (χ2v) is 14.5. The van der Waals surface area contributed by atoms with Crippen LogP contribution < -0.4 is 0 Å². The van der Waals surface area contributed by atoms with Gasteiger partial charge in [-0.15, -0.1) is 0 Å². The Morgan fingerprint density at radius 1 is 1.00 bits per heavy atom. The summed E-state index contributed by atoms with van der Waals surface area (Å²) in [6.07, 6.45) is 12.0. The Labute approximate surface area is 246 Å². The molecule has 5 rings (SSSR count). The van der Waals surface area contributed by atoms with Crippen molar-refractivity contribution in [1.29, 1.82) is 5.26 Å². The zero-order chi connectivity index (χ0) is 31.0. The zero-order valence-corrected chi connectivity index (χ0v) is 26.5. The summed E-state index contributed by atoms with van der Waals surface area (Å²) in [5, 5.41) is 9.66. The molecule has 226 valence electrons. The molecule has 0 saturated heterocycles. The molecule has 5 aliphatic rings. The first-order chi connectivity index (χ1) is 19.0. The predicted molar refractivity (Wildman–Crippen MR) is 156 cm³/mol. The van der Waals surface area contributed by atoms with Crippen molar-refractivity contribution in [3.8, 4) is 6.07 Å². The average Bonchev–Trinajstić information content (AvgIpc) is 2.92. The highest BCUT2D eigenvalue weighted by Gasteiger charge is 2.63. The van der Waals surface area contributed by atoms with Crippen LogP contribution in [0.25, 0.3) is 0 Å². The minimum Gasteiger partial charge on any atom is -0.471 e. The third-order valence-corrected chi connectivity index (χ3v) is 11.5. The highest BCUT2D eigenvalue weighted by molar-refractivity contribution is 6.02. The molecule has 0 aromatic rings. The number of Topliss-reactive ketones (excluding diaryl/α,β-unsaturated/α-hetero) is 1. The minimum absolute atomic E-state index is 0.0166. The second kappa shape index (κ2) is 11.9.